The van der Waals surface area contributed by atoms with E-state index in [1.807, 2.05) is 17.0 Å². The lowest BCUT2D eigenvalue weighted by atomic mass is 10.2. The van der Waals surface area contributed by atoms with Crippen LogP contribution < -0.4 is 19.4 Å². The Morgan fingerprint density at radius 1 is 1.15 bits per heavy atom. The molecule has 2 heterocycles. The van der Waals surface area contributed by atoms with E-state index in [9.17, 15) is 17.6 Å². The van der Waals surface area contributed by atoms with Crippen molar-refractivity contribution in [3.63, 3.8) is 0 Å². The van der Waals surface area contributed by atoms with E-state index in [1.54, 1.807) is 23.1 Å². The summed E-state index contributed by atoms with van der Waals surface area (Å²) in [4.78, 5) is 17.9. The first-order valence-electron chi connectivity index (χ1n) is 11.8. The van der Waals surface area contributed by atoms with Gasteiger partial charge < -0.3 is 14.7 Å². The highest BCUT2D eigenvalue weighted by Gasteiger charge is 2.39. The second-order valence-electron chi connectivity index (χ2n) is 9.26. The molecule has 0 aromatic heterocycles. The predicted molar refractivity (Wildman–Crippen MR) is 132 cm³/mol. The highest BCUT2D eigenvalue weighted by Crippen LogP contribution is 2.41. The number of hydrogen-bond acceptors (Lipinski definition) is 4. The predicted octanol–water partition coefficient (Wildman–Crippen LogP) is 1.57. The monoisotopic (exact) mass is 551 g/mol. The average molecular weight is 552 g/mol. The summed E-state index contributed by atoms with van der Waals surface area (Å²) < 4.78 is 44.1. The van der Waals surface area contributed by atoms with Gasteiger partial charge in [0.25, 0.3) is 0 Å². The van der Waals surface area contributed by atoms with Gasteiger partial charge in [0.05, 0.1) is 50.6 Å². The van der Waals surface area contributed by atoms with E-state index in [-0.39, 0.29) is 22.5 Å². The fourth-order valence-electron chi connectivity index (χ4n) is 4.91. The molecule has 2 fully saturated rings. The van der Waals surface area contributed by atoms with Gasteiger partial charge >= 0.3 is 0 Å². The molecule has 1 amide bonds. The number of carbonyl (C=O) groups is 1. The lowest BCUT2D eigenvalue weighted by molar-refractivity contribution is -0.899. The molecule has 10 heteroatoms. The molecular formula is C24H29BrFN4O3S+. The number of hydrogen-bond donors (Lipinski definition) is 2. The maximum atomic E-state index is 14.1. The molecule has 2 aromatic carbocycles. The SMILES string of the molecule is O=C(C1CC1)N1CCc2cc(Br)cc(S(=O)(=O)NCC[NH+]3CCN(c4ccccc4F)CC3)c21. The van der Waals surface area contributed by atoms with E-state index in [0.29, 0.717) is 41.9 Å². The van der Waals surface area contributed by atoms with E-state index >= 15 is 0 Å². The Balaban J connectivity index is 1.22. The number of piperazine rings is 1. The van der Waals surface area contributed by atoms with Gasteiger partial charge in [-0.25, -0.2) is 17.5 Å². The molecule has 7 nitrogen and oxygen atoms in total. The molecule has 182 valence electrons. The number of quaternary nitrogens is 1. The fraction of sp³-hybridized carbons (Fsp3) is 0.458. The topological polar surface area (TPSA) is 74.2 Å². The number of rotatable bonds is 7. The van der Waals surface area contributed by atoms with Crippen LogP contribution in [0.3, 0.4) is 0 Å². The summed E-state index contributed by atoms with van der Waals surface area (Å²) in [5.41, 5.74) is 2.05. The first-order chi connectivity index (χ1) is 16.3. The second-order valence-corrected chi connectivity index (χ2v) is 11.9. The van der Waals surface area contributed by atoms with Gasteiger partial charge in [0, 0.05) is 16.9 Å². The third-order valence-corrected chi connectivity index (χ3v) is 8.84. The van der Waals surface area contributed by atoms with Gasteiger partial charge in [-0.1, -0.05) is 28.1 Å². The lowest BCUT2D eigenvalue weighted by Gasteiger charge is -2.33. The smallest absolute Gasteiger partial charge is 0.242 e. The average Bonchev–Trinajstić information content (AvgIpc) is 3.58. The summed E-state index contributed by atoms with van der Waals surface area (Å²) in [6.45, 7) is 4.54. The van der Waals surface area contributed by atoms with Crippen molar-refractivity contribution in [2.45, 2.75) is 24.2 Å². The van der Waals surface area contributed by atoms with Crippen molar-refractivity contribution in [2.24, 2.45) is 5.92 Å². The van der Waals surface area contributed by atoms with E-state index in [4.69, 9.17) is 0 Å². The van der Waals surface area contributed by atoms with Crippen LogP contribution in [0.5, 0.6) is 0 Å². The minimum Gasteiger partial charge on any atom is -0.358 e. The number of fused-ring (bicyclic) bond motifs is 1. The van der Waals surface area contributed by atoms with Crippen molar-refractivity contribution < 1.29 is 22.5 Å². The van der Waals surface area contributed by atoms with Crippen LogP contribution in [-0.4, -0.2) is 60.1 Å². The Morgan fingerprint density at radius 3 is 2.59 bits per heavy atom. The zero-order chi connectivity index (χ0) is 23.9. The number of anilines is 2. The molecule has 3 aliphatic rings. The summed E-state index contributed by atoms with van der Waals surface area (Å²) in [5.74, 6) is -0.145. The Hall–Kier alpha value is -2.01. The molecular weight excluding hydrogens is 523 g/mol. The highest BCUT2D eigenvalue weighted by atomic mass is 79.9. The number of benzene rings is 2. The summed E-state index contributed by atoms with van der Waals surface area (Å²) in [5, 5.41) is 0. The van der Waals surface area contributed by atoms with Crippen LogP contribution in [0.4, 0.5) is 15.8 Å². The van der Waals surface area contributed by atoms with Crippen LogP contribution in [-0.2, 0) is 21.2 Å². The number of amides is 1. The summed E-state index contributed by atoms with van der Waals surface area (Å²) >= 11 is 3.44. The Morgan fingerprint density at radius 2 is 1.88 bits per heavy atom. The van der Waals surface area contributed by atoms with Crippen molar-refractivity contribution >= 4 is 43.2 Å². The molecule has 0 spiro atoms. The van der Waals surface area contributed by atoms with Crippen LogP contribution in [0.2, 0.25) is 0 Å². The highest BCUT2D eigenvalue weighted by molar-refractivity contribution is 9.10. The molecule has 1 saturated heterocycles. The standard InChI is InChI=1S/C24H28BrFN4O3S/c25-19-15-18-7-9-30(24(31)17-5-6-17)23(18)22(16-19)34(32,33)27-8-10-28-11-13-29(14-12-28)21-4-2-1-3-20(21)26/h1-4,15-17,27H,5-14H2/p+1. The van der Waals surface area contributed by atoms with E-state index in [1.165, 1.54) is 11.0 Å². The molecule has 0 unspecified atom stereocenters. The van der Waals surface area contributed by atoms with Gasteiger partial charge in [0.2, 0.25) is 15.9 Å². The first-order valence-corrected chi connectivity index (χ1v) is 14.1. The number of nitrogens with zero attached hydrogens (tertiary/aromatic N) is 2. The normalized spacial score (nSPS) is 18.9. The zero-order valence-electron chi connectivity index (χ0n) is 18.9. The number of halogens is 2. The number of carbonyl (C=O) groups excluding carboxylic acids is 1. The van der Waals surface area contributed by atoms with E-state index in [2.05, 4.69) is 20.7 Å². The lowest BCUT2D eigenvalue weighted by Crippen LogP contribution is -3.15. The maximum Gasteiger partial charge on any atom is 0.242 e. The number of sulfonamides is 1. The van der Waals surface area contributed by atoms with Gasteiger partial charge in [0.15, 0.2) is 0 Å². The summed E-state index contributed by atoms with van der Waals surface area (Å²) in [6, 6.07) is 10.3. The summed E-state index contributed by atoms with van der Waals surface area (Å²) in [7, 11) is -3.79. The van der Waals surface area contributed by atoms with E-state index in [0.717, 1.165) is 44.6 Å². The largest absolute Gasteiger partial charge is 0.358 e. The van der Waals surface area contributed by atoms with Gasteiger partial charge in [-0.05, 0) is 49.1 Å². The van der Waals surface area contributed by atoms with E-state index < -0.39 is 10.0 Å². The second kappa shape index (κ2) is 9.56. The molecule has 2 N–H and O–H groups in total. The van der Waals surface area contributed by atoms with Gasteiger partial charge in [-0.2, -0.15) is 0 Å². The summed E-state index contributed by atoms with van der Waals surface area (Å²) in [6.07, 6.45) is 2.43. The number of nitrogens with one attached hydrogen (secondary N) is 2. The number of para-hydroxylation sites is 1. The van der Waals surface area contributed by atoms with Gasteiger partial charge in [-0.3, -0.25) is 4.79 Å². The van der Waals surface area contributed by atoms with Crippen molar-refractivity contribution in [1.29, 1.82) is 0 Å². The molecule has 1 saturated carbocycles. The Labute approximate surface area is 208 Å². The molecule has 0 atom stereocenters. The van der Waals surface area contributed by atoms with Crippen molar-refractivity contribution in [3.05, 3.63) is 52.3 Å². The molecule has 2 aromatic rings. The maximum absolute atomic E-state index is 14.1. The third-order valence-electron chi connectivity index (χ3n) is 6.91. The van der Waals surface area contributed by atoms with Crippen LogP contribution in [0.1, 0.15) is 18.4 Å². The van der Waals surface area contributed by atoms with Crippen molar-refractivity contribution in [2.75, 3.05) is 55.6 Å². The van der Waals surface area contributed by atoms with Gasteiger partial charge in [-0.15, -0.1) is 0 Å². The minimum absolute atomic E-state index is 0.0322. The Bertz CT molecular complexity index is 1200. The van der Waals surface area contributed by atoms with Crippen molar-refractivity contribution in [3.8, 4) is 0 Å². The van der Waals surface area contributed by atoms with Crippen LogP contribution >= 0.6 is 15.9 Å². The van der Waals surface area contributed by atoms with Gasteiger partial charge in [0.1, 0.15) is 10.7 Å². The minimum atomic E-state index is -3.79. The molecule has 34 heavy (non-hydrogen) atoms. The quantitative estimate of drug-likeness (QED) is 0.547. The zero-order valence-corrected chi connectivity index (χ0v) is 21.3. The van der Waals surface area contributed by atoms with Crippen LogP contribution in [0.15, 0.2) is 45.8 Å². The molecule has 5 rings (SSSR count). The van der Waals surface area contributed by atoms with Crippen LogP contribution in [0, 0.1) is 11.7 Å². The first kappa shape index (κ1) is 23.7. The molecule has 1 aliphatic carbocycles. The molecule has 2 aliphatic heterocycles. The Kier molecular flexibility index (Phi) is 6.67. The van der Waals surface area contributed by atoms with Crippen molar-refractivity contribution in [1.82, 2.24) is 4.72 Å². The third kappa shape index (κ3) is 4.86. The molecule has 0 radical (unpaired) electrons. The van der Waals surface area contributed by atoms with Crippen LogP contribution in [0.25, 0.3) is 0 Å². The molecule has 0 bridgehead atoms. The fourth-order valence-corrected chi connectivity index (χ4v) is 6.87.